The van der Waals surface area contributed by atoms with Crippen LogP contribution in [0.2, 0.25) is 5.28 Å². The summed E-state index contributed by atoms with van der Waals surface area (Å²) in [5.41, 5.74) is 1.85. The maximum atomic E-state index is 5.90. The second kappa shape index (κ2) is 5.60. The monoisotopic (exact) mass is 244 g/mol. The van der Waals surface area contributed by atoms with Gasteiger partial charge in [-0.3, -0.25) is 0 Å². The first-order chi connectivity index (χ1) is 8.31. The van der Waals surface area contributed by atoms with Gasteiger partial charge in [0, 0.05) is 11.8 Å². The highest BCUT2D eigenvalue weighted by Gasteiger charge is 2.03. The summed E-state index contributed by atoms with van der Waals surface area (Å²) in [5.74, 6) is 0. The molecule has 1 heterocycles. The highest BCUT2D eigenvalue weighted by Crippen LogP contribution is 2.18. The number of halogens is 1. The molecule has 0 amide bonds. The van der Waals surface area contributed by atoms with E-state index in [2.05, 4.69) is 16.0 Å². The molecule has 0 fully saturated rings. The summed E-state index contributed by atoms with van der Waals surface area (Å²) < 4.78 is 0. The van der Waals surface area contributed by atoms with Crippen LogP contribution in [-0.2, 0) is 6.42 Å². The van der Waals surface area contributed by atoms with E-state index >= 15 is 0 Å². The van der Waals surface area contributed by atoms with Crippen LogP contribution in [0.15, 0.2) is 48.6 Å². The van der Waals surface area contributed by atoms with Crippen molar-refractivity contribution in [1.82, 2.24) is 9.97 Å². The molecular formula is C14H13ClN2. The third-order valence-electron chi connectivity index (χ3n) is 2.41. The first-order valence-electron chi connectivity index (χ1n) is 5.50. The van der Waals surface area contributed by atoms with Gasteiger partial charge in [0.15, 0.2) is 0 Å². The number of benzene rings is 1. The molecule has 2 nitrogen and oxygen atoms in total. The smallest absolute Gasteiger partial charge is 0.222 e. The molecule has 0 saturated heterocycles. The molecule has 0 aliphatic carbocycles. The van der Waals surface area contributed by atoms with Crippen molar-refractivity contribution in [2.24, 2.45) is 0 Å². The van der Waals surface area contributed by atoms with E-state index in [0.29, 0.717) is 5.28 Å². The lowest BCUT2D eigenvalue weighted by atomic mass is 10.1. The summed E-state index contributed by atoms with van der Waals surface area (Å²) in [6.45, 7) is 1.99. The van der Waals surface area contributed by atoms with E-state index in [1.807, 2.05) is 49.4 Å². The van der Waals surface area contributed by atoms with Gasteiger partial charge in [-0.15, -0.1) is 0 Å². The molecule has 17 heavy (non-hydrogen) atoms. The Morgan fingerprint density at radius 1 is 1.18 bits per heavy atom. The summed E-state index contributed by atoms with van der Waals surface area (Å²) in [4.78, 5) is 8.47. The SMILES string of the molecule is C/C=C\C=C/Cc1nc(Cl)nc2ccccc12. The molecule has 0 aliphatic rings. The fourth-order valence-corrected chi connectivity index (χ4v) is 1.83. The quantitative estimate of drug-likeness (QED) is 0.603. The fourth-order valence-electron chi connectivity index (χ4n) is 1.64. The molecule has 0 N–H and O–H groups in total. The van der Waals surface area contributed by atoms with Crippen LogP contribution >= 0.6 is 11.6 Å². The Balaban J connectivity index is 2.38. The Bertz CT molecular complexity index is 573. The van der Waals surface area contributed by atoms with Crippen LogP contribution in [0, 0.1) is 0 Å². The van der Waals surface area contributed by atoms with E-state index in [1.54, 1.807) is 0 Å². The number of hydrogen-bond donors (Lipinski definition) is 0. The van der Waals surface area contributed by atoms with Crippen molar-refractivity contribution in [2.75, 3.05) is 0 Å². The zero-order chi connectivity index (χ0) is 12.1. The lowest BCUT2D eigenvalue weighted by Gasteiger charge is -2.03. The van der Waals surface area contributed by atoms with Gasteiger partial charge >= 0.3 is 0 Å². The number of nitrogens with zero attached hydrogens (tertiary/aromatic N) is 2. The van der Waals surface area contributed by atoms with Crippen molar-refractivity contribution >= 4 is 22.5 Å². The van der Waals surface area contributed by atoms with Gasteiger partial charge in [-0.1, -0.05) is 42.5 Å². The van der Waals surface area contributed by atoms with Crippen LogP contribution in [0.5, 0.6) is 0 Å². The molecule has 2 rings (SSSR count). The number of hydrogen-bond acceptors (Lipinski definition) is 2. The van der Waals surface area contributed by atoms with Crippen LogP contribution in [0.25, 0.3) is 10.9 Å². The maximum absolute atomic E-state index is 5.90. The number of aromatic nitrogens is 2. The van der Waals surface area contributed by atoms with Gasteiger partial charge in [0.25, 0.3) is 0 Å². The fraction of sp³-hybridized carbons (Fsp3) is 0.143. The summed E-state index contributed by atoms with van der Waals surface area (Å²) in [6.07, 6.45) is 8.80. The molecule has 86 valence electrons. The molecule has 0 unspecified atom stereocenters. The Kier molecular flexibility index (Phi) is 3.89. The van der Waals surface area contributed by atoms with Crippen LogP contribution in [0.4, 0.5) is 0 Å². The average molecular weight is 245 g/mol. The first kappa shape index (κ1) is 11.8. The molecule has 0 bridgehead atoms. The molecule has 1 aromatic heterocycles. The number of allylic oxidation sites excluding steroid dienone is 4. The van der Waals surface area contributed by atoms with E-state index in [0.717, 1.165) is 23.0 Å². The van der Waals surface area contributed by atoms with Gasteiger partial charge < -0.3 is 0 Å². The second-order valence-electron chi connectivity index (χ2n) is 3.61. The van der Waals surface area contributed by atoms with Crippen LogP contribution in [-0.4, -0.2) is 9.97 Å². The Morgan fingerprint density at radius 3 is 2.82 bits per heavy atom. The van der Waals surface area contributed by atoms with Gasteiger partial charge in [0.05, 0.1) is 11.2 Å². The number of fused-ring (bicyclic) bond motifs is 1. The van der Waals surface area contributed by atoms with Crippen LogP contribution in [0.3, 0.4) is 0 Å². The van der Waals surface area contributed by atoms with Crippen molar-refractivity contribution < 1.29 is 0 Å². The van der Waals surface area contributed by atoms with Gasteiger partial charge in [-0.2, -0.15) is 0 Å². The summed E-state index contributed by atoms with van der Waals surface area (Å²) in [6, 6.07) is 7.90. The minimum Gasteiger partial charge on any atom is -0.222 e. The Labute approximate surface area is 106 Å². The third kappa shape index (κ3) is 2.92. The average Bonchev–Trinajstić information content (AvgIpc) is 2.34. The molecule has 0 saturated carbocycles. The van der Waals surface area contributed by atoms with Crippen LogP contribution < -0.4 is 0 Å². The molecule has 3 heteroatoms. The third-order valence-corrected chi connectivity index (χ3v) is 2.57. The van der Waals surface area contributed by atoms with Crippen molar-refractivity contribution in [1.29, 1.82) is 0 Å². The Morgan fingerprint density at radius 2 is 2.00 bits per heavy atom. The molecule has 0 atom stereocenters. The van der Waals surface area contributed by atoms with E-state index < -0.39 is 0 Å². The zero-order valence-corrected chi connectivity index (χ0v) is 10.4. The summed E-state index contributed by atoms with van der Waals surface area (Å²) in [5, 5.41) is 1.36. The normalized spacial score (nSPS) is 11.9. The molecular weight excluding hydrogens is 232 g/mol. The van der Waals surface area contributed by atoms with Crippen molar-refractivity contribution in [3.63, 3.8) is 0 Å². The molecule has 0 spiro atoms. The number of para-hydroxylation sites is 1. The predicted octanol–water partition coefficient (Wildman–Crippen LogP) is 3.96. The molecule has 2 aromatic rings. The molecule has 1 aromatic carbocycles. The Hall–Kier alpha value is -1.67. The highest BCUT2D eigenvalue weighted by molar-refractivity contribution is 6.28. The van der Waals surface area contributed by atoms with Gasteiger partial charge in [-0.05, 0) is 24.6 Å². The lowest BCUT2D eigenvalue weighted by Crippen LogP contribution is -1.93. The van der Waals surface area contributed by atoms with Crippen molar-refractivity contribution in [3.8, 4) is 0 Å². The predicted molar refractivity (Wildman–Crippen MR) is 72.2 cm³/mol. The van der Waals surface area contributed by atoms with Gasteiger partial charge in [0.1, 0.15) is 0 Å². The van der Waals surface area contributed by atoms with E-state index in [9.17, 15) is 0 Å². The maximum Gasteiger partial charge on any atom is 0.223 e. The molecule has 0 aliphatic heterocycles. The zero-order valence-electron chi connectivity index (χ0n) is 9.60. The lowest BCUT2D eigenvalue weighted by molar-refractivity contribution is 1.09. The molecule has 0 radical (unpaired) electrons. The summed E-state index contributed by atoms with van der Waals surface area (Å²) in [7, 11) is 0. The largest absolute Gasteiger partial charge is 0.223 e. The number of rotatable bonds is 3. The standard InChI is InChI=1S/C14H13ClN2/c1-2-3-4-5-9-12-11-8-6-7-10-13(11)17-14(15)16-12/h2-8,10H,9H2,1H3/b3-2-,5-4-. The van der Waals surface area contributed by atoms with Gasteiger partial charge in [0.2, 0.25) is 5.28 Å². The van der Waals surface area contributed by atoms with Crippen molar-refractivity contribution in [3.05, 3.63) is 59.5 Å². The minimum atomic E-state index is 0.304. The van der Waals surface area contributed by atoms with E-state index in [1.165, 1.54) is 0 Å². The van der Waals surface area contributed by atoms with Crippen LogP contribution in [0.1, 0.15) is 12.6 Å². The first-order valence-corrected chi connectivity index (χ1v) is 5.88. The van der Waals surface area contributed by atoms with E-state index in [4.69, 9.17) is 11.6 Å². The second-order valence-corrected chi connectivity index (χ2v) is 3.95. The summed E-state index contributed by atoms with van der Waals surface area (Å²) >= 11 is 5.90. The van der Waals surface area contributed by atoms with Gasteiger partial charge in [-0.25, -0.2) is 9.97 Å². The van der Waals surface area contributed by atoms with E-state index in [-0.39, 0.29) is 0 Å². The topological polar surface area (TPSA) is 25.8 Å². The van der Waals surface area contributed by atoms with Crippen molar-refractivity contribution in [2.45, 2.75) is 13.3 Å². The highest BCUT2D eigenvalue weighted by atomic mass is 35.5. The minimum absolute atomic E-state index is 0.304.